The maximum absolute atomic E-state index is 12.7. The molecule has 0 bridgehead atoms. The average Bonchev–Trinajstić information content (AvgIpc) is 2.84. The van der Waals surface area contributed by atoms with Gasteiger partial charge in [-0.15, -0.1) is 0 Å². The van der Waals surface area contributed by atoms with Crippen molar-refractivity contribution in [1.29, 1.82) is 0 Å². The normalized spacial score (nSPS) is 10.8. The van der Waals surface area contributed by atoms with Crippen LogP contribution in [0.15, 0.2) is 71.6 Å². The van der Waals surface area contributed by atoms with E-state index in [1.54, 1.807) is 50.6 Å². The van der Waals surface area contributed by atoms with Crippen molar-refractivity contribution in [1.82, 2.24) is 5.32 Å². The van der Waals surface area contributed by atoms with Crippen molar-refractivity contribution in [3.05, 3.63) is 72.3 Å². The monoisotopic (exact) mass is 501 g/mol. The molecule has 0 saturated carbocycles. The lowest BCUT2D eigenvalue weighted by atomic mass is 10.1. The molecule has 0 amide bonds. The van der Waals surface area contributed by atoms with Crippen molar-refractivity contribution >= 4 is 38.7 Å². The second kappa shape index (κ2) is 11.6. The Morgan fingerprint density at radius 3 is 2.21 bits per heavy atom. The highest BCUT2D eigenvalue weighted by atomic mass is 32.2. The van der Waals surface area contributed by atoms with Crippen LogP contribution in [0, 0.1) is 0 Å². The maximum Gasteiger partial charge on any atom is 0.262 e. The van der Waals surface area contributed by atoms with Crippen LogP contribution >= 0.6 is 12.2 Å². The third kappa shape index (κ3) is 6.52. The molecule has 0 aliphatic rings. The minimum absolute atomic E-state index is 0.122. The predicted octanol–water partition coefficient (Wildman–Crippen LogP) is 4.04. The van der Waals surface area contributed by atoms with Gasteiger partial charge in [0, 0.05) is 12.2 Å². The number of rotatable bonds is 10. The summed E-state index contributed by atoms with van der Waals surface area (Å²) in [6.07, 6.45) is 0.730. The van der Waals surface area contributed by atoms with Gasteiger partial charge in [0.15, 0.2) is 16.6 Å². The molecule has 0 spiro atoms. The fraction of sp³-hybridized carbons (Fsp3) is 0.208. The van der Waals surface area contributed by atoms with Crippen molar-refractivity contribution in [2.24, 2.45) is 0 Å². The van der Waals surface area contributed by atoms with Gasteiger partial charge in [0.2, 0.25) is 0 Å². The molecular formula is C24H27N3O5S2. The zero-order valence-corrected chi connectivity index (χ0v) is 20.8. The zero-order valence-electron chi connectivity index (χ0n) is 19.1. The van der Waals surface area contributed by atoms with E-state index in [2.05, 4.69) is 15.4 Å². The van der Waals surface area contributed by atoms with Crippen LogP contribution in [0.5, 0.6) is 17.2 Å². The molecule has 0 unspecified atom stereocenters. The van der Waals surface area contributed by atoms with Crippen LogP contribution < -0.4 is 29.6 Å². The highest BCUT2D eigenvalue weighted by Crippen LogP contribution is 2.28. The zero-order chi connectivity index (χ0) is 24.6. The number of ether oxygens (including phenoxy) is 3. The molecule has 0 fully saturated rings. The van der Waals surface area contributed by atoms with Crippen molar-refractivity contribution in [2.75, 3.05) is 37.9 Å². The number of methoxy groups -OCH3 is 3. The Morgan fingerprint density at radius 1 is 0.853 bits per heavy atom. The molecule has 180 valence electrons. The molecule has 0 atom stereocenters. The van der Waals surface area contributed by atoms with E-state index in [0.717, 1.165) is 12.0 Å². The fourth-order valence-corrected chi connectivity index (χ4v) is 4.47. The maximum atomic E-state index is 12.7. The molecular weight excluding hydrogens is 474 g/mol. The molecule has 0 aliphatic carbocycles. The fourth-order valence-electron chi connectivity index (χ4n) is 3.18. The van der Waals surface area contributed by atoms with Crippen molar-refractivity contribution in [3.8, 4) is 17.2 Å². The van der Waals surface area contributed by atoms with Crippen molar-refractivity contribution in [2.45, 2.75) is 11.3 Å². The minimum Gasteiger partial charge on any atom is -0.495 e. The van der Waals surface area contributed by atoms with Gasteiger partial charge in [0.1, 0.15) is 5.75 Å². The number of hydrogen-bond acceptors (Lipinski definition) is 6. The topological polar surface area (TPSA) is 97.9 Å². The standard InChI is InChI=1S/C24H27N3O5S2/c1-30-21-7-5-4-6-20(21)27-34(28,29)19-11-9-18(10-12-19)26-24(33)25-15-14-17-8-13-22(31-2)23(16-17)32-3/h4-13,16,27H,14-15H2,1-3H3,(H2,25,26,33). The lowest BCUT2D eigenvalue weighted by Gasteiger charge is -2.13. The number of nitrogens with one attached hydrogen (secondary N) is 3. The van der Waals surface area contributed by atoms with Crippen LogP contribution in [0.2, 0.25) is 0 Å². The summed E-state index contributed by atoms with van der Waals surface area (Å²) < 4.78 is 43.8. The van der Waals surface area contributed by atoms with E-state index in [1.807, 2.05) is 18.2 Å². The van der Waals surface area contributed by atoms with Gasteiger partial charge in [0.05, 0.1) is 31.9 Å². The van der Waals surface area contributed by atoms with Gasteiger partial charge in [-0.2, -0.15) is 0 Å². The Morgan fingerprint density at radius 2 is 1.53 bits per heavy atom. The van der Waals surface area contributed by atoms with E-state index in [-0.39, 0.29) is 4.90 Å². The number of thiocarbonyl (C=S) groups is 1. The first-order valence-electron chi connectivity index (χ1n) is 10.4. The van der Waals surface area contributed by atoms with Crippen LogP contribution in [0.1, 0.15) is 5.56 Å². The van der Waals surface area contributed by atoms with Crippen LogP contribution in [0.4, 0.5) is 11.4 Å². The van der Waals surface area contributed by atoms with E-state index >= 15 is 0 Å². The second-order valence-corrected chi connectivity index (χ2v) is 9.24. The lowest BCUT2D eigenvalue weighted by Crippen LogP contribution is -2.30. The Kier molecular flexibility index (Phi) is 8.55. The molecule has 34 heavy (non-hydrogen) atoms. The van der Waals surface area contributed by atoms with Gasteiger partial charge in [-0.25, -0.2) is 8.42 Å². The van der Waals surface area contributed by atoms with Gasteiger partial charge in [-0.3, -0.25) is 4.72 Å². The molecule has 0 radical (unpaired) electrons. The van der Waals surface area contributed by atoms with Gasteiger partial charge in [-0.1, -0.05) is 18.2 Å². The third-order valence-corrected chi connectivity index (χ3v) is 6.55. The molecule has 8 nitrogen and oxygen atoms in total. The number of benzene rings is 3. The Labute approximate surface area is 205 Å². The summed E-state index contributed by atoms with van der Waals surface area (Å²) >= 11 is 5.35. The van der Waals surface area contributed by atoms with Gasteiger partial charge in [0.25, 0.3) is 10.0 Å². The number of anilines is 2. The molecule has 3 rings (SSSR count). The van der Waals surface area contributed by atoms with Crippen LogP contribution in [-0.4, -0.2) is 41.4 Å². The van der Waals surface area contributed by atoms with Crippen LogP contribution in [0.25, 0.3) is 0 Å². The van der Waals surface area contributed by atoms with Gasteiger partial charge < -0.3 is 24.8 Å². The summed E-state index contributed by atoms with van der Waals surface area (Å²) in [6, 6.07) is 18.9. The molecule has 0 saturated heterocycles. The Bertz CT molecular complexity index is 1230. The highest BCUT2D eigenvalue weighted by Gasteiger charge is 2.16. The average molecular weight is 502 g/mol. The van der Waals surface area contributed by atoms with E-state index in [1.165, 1.54) is 19.2 Å². The quantitative estimate of drug-likeness (QED) is 0.358. The van der Waals surface area contributed by atoms with Gasteiger partial charge in [-0.05, 0) is 72.7 Å². The molecule has 3 N–H and O–H groups in total. The van der Waals surface area contributed by atoms with Crippen molar-refractivity contribution in [3.63, 3.8) is 0 Å². The molecule has 3 aromatic rings. The van der Waals surface area contributed by atoms with Crippen LogP contribution in [-0.2, 0) is 16.4 Å². The molecule has 3 aromatic carbocycles. The summed E-state index contributed by atoms with van der Waals surface area (Å²) in [6.45, 7) is 0.608. The summed E-state index contributed by atoms with van der Waals surface area (Å²) in [7, 11) is 0.913. The number of sulfonamides is 1. The third-order valence-electron chi connectivity index (χ3n) is 4.92. The number of hydrogen-bond donors (Lipinski definition) is 3. The number of para-hydroxylation sites is 2. The van der Waals surface area contributed by atoms with Crippen LogP contribution in [0.3, 0.4) is 0 Å². The first-order chi connectivity index (χ1) is 16.4. The minimum atomic E-state index is -3.77. The second-order valence-electron chi connectivity index (χ2n) is 7.15. The molecule has 0 aliphatic heterocycles. The van der Waals surface area contributed by atoms with E-state index in [4.69, 9.17) is 26.4 Å². The SMILES string of the molecule is COc1ccccc1NS(=O)(=O)c1ccc(NC(=S)NCCc2ccc(OC)c(OC)c2)cc1. The van der Waals surface area contributed by atoms with E-state index < -0.39 is 10.0 Å². The largest absolute Gasteiger partial charge is 0.495 e. The molecule has 0 aromatic heterocycles. The first-order valence-corrected chi connectivity index (χ1v) is 12.3. The van der Waals surface area contributed by atoms with Crippen molar-refractivity contribution < 1.29 is 22.6 Å². The smallest absolute Gasteiger partial charge is 0.262 e. The first kappa shape index (κ1) is 25.1. The van der Waals surface area contributed by atoms with Gasteiger partial charge >= 0.3 is 0 Å². The Balaban J connectivity index is 1.54. The van der Waals surface area contributed by atoms with E-state index in [0.29, 0.717) is 40.3 Å². The summed E-state index contributed by atoms with van der Waals surface area (Å²) in [5.74, 6) is 1.80. The predicted molar refractivity (Wildman–Crippen MR) is 138 cm³/mol. The summed E-state index contributed by atoms with van der Waals surface area (Å²) in [4.78, 5) is 0.122. The highest BCUT2D eigenvalue weighted by molar-refractivity contribution is 7.92. The molecule has 0 heterocycles. The summed E-state index contributed by atoms with van der Waals surface area (Å²) in [5, 5.41) is 6.63. The Hall–Kier alpha value is -3.50. The lowest BCUT2D eigenvalue weighted by molar-refractivity contribution is 0.354. The summed E-state index contributed by atoms with van der Waals surface area (Å²) in [5.41, 5.74) is 2.11. The molecule has 10 heteroatoms. The van der Waals surface area contributed by atoms with E-state index in [9.17, 15) is 8.42 Å².